The predicted molar refractivity (Wildman–Crippen MR) is 80.8 cm³/mol. The summed E-state index contributed by atoms with van der Waals surface area (Å²) in [7, 11) is -3.90. The zero-order chi connectivity index (χ0) is 14.9. The van der Waals surface area contributed by atoms with Crippen molar-refractivity contribution in [2.45, 2.75) is 4.90 Å². The molecule has 0 atom stereocenters. The minimum atomic E-state index is -3.90. The monoisotopic (exact) mass is 302 g/mol. The van der Waals surface area contributed by atoms with Crippen LogP contribution in [0.3, 0.4) is 0 Å². The van der Waals surface area contributed by atoms with Crippen molar-refractivity contribution in [1.29, 1.82) is 0 Å². The van der Waals surface area contributed by atoms with Crippen LogP contribution in [0, 0.1) is 0 Å². The second-order valence-electron chi connectivity index (χ2n) is 4.60. The van der Waals surface area contributed by atoms with Crippen LogP contribution in [0.4, 0.5) is 5.69 Å². The van der Waals surface area contributed by atoms with E-state index < -0.39 is 10.0 Å². The van der Waals surface area contributed by atoms with E-state index in [0.717, 1.165) is 5.56 Å². The summed E-state index contributed by atoms with van der Waals surface area (Å²) in [6.45, 7) is 0.473. The van der Waals surface area contributed by atoms with Crippen LogP contribution in [0.15, 0.2) is 65.8 Å². The van der Waals surface area contributed by atoms with E-state index in [0.29, 0.717) is 17.8 Å². The van der Waals surface area contributed by atoms with Crippen molar-refractivity contribution in [3.05, 3.63) is 60.9 Å². The van der Waals surface area contributed by atoms with E-state index in [-0.39, 0.29) is 4.90 Å². The third-order valence-corrected chi connectivity index (χ3v) is 4.19. The Hall–Kier alpha value is -2.31. The lowest BCUT2D eigenvalue weighted by molar-refractivity contribution is 0.245. The molecule has 2 aromatic rings. The van der Waals surface area contributed by atoms with Crippen molar-refractivity contribution in [3.63, 3.8) is 0 Å². The second-order valence-corrected chi connectivity index (χ2v) is 6.10. The number of benzene rings is 2. The Morgan fingerprint density at radius 1 is 1.05 bits per heavy atom. The normalized spacial score (nSPS) is 14.2. The van der Waals surface area contributed by atoms with Gasteiger partial charge in [0, 0.05) is 5.56 Å². The number of hydrogen-bond donors (Lipinski definition) is 1. The van der Waals surface area contributed by atoms with Crippen molar-refractivity contribution < 1.29 is 13.3 Å². The van der Waals surface area contributed by atoms with Crippen LogP contribution < -0.4 is 10.2 Å². The molecule has 1 aliphatic heterocycles. The molecule has 0 unspecified atom stereocenters. The lowest BCUT2D eigenvalue weighted by Gasteiger charge is -2.21. The Morgan fingerprint density at radius 3 is 2.43 bits per heavy atom. The zero-order valence-electron chi connectivity index (χ0n) is 11.1. The van der Waals surface area contributed by atoms with Gasteiger partial charge in [-0.2, -0.15) is 0 Å². The molecule has 21 heavy (non-hydrogen) atoms. The number of sulfonamides is 1. The molecular formula is C15H14N2O3S. The highest BCUT2D eigenvalue weighted by Gasteiger charge is 2.24. The Bertz CT molecular complexity index is 778. The SMILES string of the molecule is NS(=O)(=O)c1c(-c2ccccc2)cccc1N1CC=CO1. The van der Waals surface area contributed by atoms with Gasteiger partial charge in [0.2, 0.25) is 10.0 Å². The molecule has 0 spiro atoms. The Kier molecular flexibility index (Phi) is 3.40. The van der Waals surface area contributed by atoms with Gasteiger partial charge in [-0.3, -0.25) is 0 Å². The van der Waals surface area contributed by atoms with Gasteiger partial charge in [0.15, 0.2) is 0 Å². The first-order valence-corrected chi connectivity index (χ1v) is 7.92. The average molecular weight is 302 g/mol. The van der Waals surface area contributed by atoms with Gasteiger partial charge < -0.3 is 4.84 Å². The maximum Gasteiger partial charge on any atom is 0.240 e. The van der Waals surface area contributed by atoms with Crippen molar-refractivity contribution >= 4 is 15.7 Å². The van der Waals surface area contributed by atoms with Crippen molar-refractivity contribution in [3.8, 4) is 11.1 Å². The summed E-state index contributed by atoms with van der Waals surface area (Å²) in [6.07, 6.45) is 3.31. The van der Waals surface area contributed by atoms with E-state index in [9.17, 15) is 8.42 Å². The number of anilines is 1. The minimum Gasteiger partial charge on any atom is -0.387 e. The standard InChI is InChI=1S/C15H14N2O3S/c16-21(18,19)15-13(12-6-2-1-3-7-12)8-4-9-14(15)17-10-5-11-20-17/h1-9,11H,10H2,(H2,16,18,19). The molecule has 1 aliphatic rings. The number of nitrogens with two attached hydrogens (primary N) is 1. The van der Waals surface area contributed by atoms with Crippen LogP contribution in [0.5, 0.6) is 0 Å². The highest BCUT2D eigenvalue weighted by atomic mass is 32.2. The number of rotatable bonds is 3. The average Bonchev–Trinajstić information content (AvgIpc) is 3.00. The first-order chi connectivity index (χ1) is 10.1. The molecule has 5 nitrogen and oxygen atoms in total. The molecule has 2 N–H and O–H groups in total. The van der Waals surface area contributed by atoms with Crippen LogP contribution in [-0.4, -0.2) is 15.0 Å². The smallest absolute Gasteiger partial charge is 0.240 e. The van der Waals surface area contributed by atoms with Crippen LogP contribution in [-0.2, 0) is 14.9 Å². The molecule has 0 saturated carbocycles. The fourth-order valence-corrected chi connectivity index (χ4v) is 3.27. The third kappa shape index (κ3) is 2.63. The molecule has 0 radical (unpaired) electrons. The van der Waals surface area contributed by atoms with Crippen molar-refractivity contribution in [2.24, 2.45) is 5.14 Å². The van der Waals surface area contributed by atoms with Gasteiger partial charge in [-0.25, -0.2) is 18.6 Å². The highest BCUT2D eigenvalue weighted by Crippen LogP contribution is 2.35. The summed E-state index contributed by atoms with van der Waals surface area (Å²) < 4.78 is 24.2. The maximum atomic E-state index is 12.1. The van der Waals surface area contributed by atoms with Gasteiger partial charge in [0.1, 0.15) is 11.2 Å². The summed E-state index contributed by atoms with van der Waals surface area (Å²) in [5, 5.41) is 6.93. The van der Waals surface area contributed by atoms with Crippen LogP contribution in [0.1, 0.15) is 0 Å². The Labute approximate surface area is 123 Å². The van der Waals surface area contributed by atoms with Crippen molar-refractivity contribution in [1.82, 2.24) is 0 Å². The van der Waals surface area contributed by atoms with Gasteiger partial charge in [0.25, 0.3) is 0 Å². The van der Waals surface area contributed by atoms with Crippen LogP contribution in [0.2, 0.25) is 0 Å². The quantitative estimate of drug-likeness (QED) is 0.944. The number of hydrogen-bond acceptors (Lipinski definition) is 4. The second kappa shape index (κ2) is 5.23. The van der Waals surface area contributed by atoms with E-state index in [2.05, 4.69) is 0 Å². The minimum absolute atomic E-state index is 0.0694. The molecule has 0 saturated heterocycles. The van der Waals surface area contributed by atoms with Gasteiger partial charge in [-0.1, -0.05) is 42.5 Å². The van der Waals surface area contributed by atoms with Gasteiger partial charge in [0.05, 0.1) is 12.2 Å². The molecule has 0 fully saturated rings. The van der Waals surface area contributed by atoms with Gasteiger partial charge >= 0.3 is 0 Å². The molecule has 108 valence electrons. The molecule has 6 heteroatoms. The summed E-state index contributed by atoms with van der Waals surface area (Å²) in [5.74, 6) is 0. The molecule has 1 heterocycles. The Morgan fingerprint density at radius 2 is 1.81 bits per heavy atom. The molecule has 2 aromatic carbocycles. The summed E-state index contributed by atoms with van der Waals surface area (Å²) in [6, 6.07) is 14.5. The maximum absolute atomic E-state index is 12.1. The fraction of sp³-hybridized carbons (Fsp3) is 0.0667. The van der Waals surface area contributed by atoms with E-state index in [1.165, 1.54) is 11.3 Å². The van der Waals surface area contributed by atoms with Crippen LogP contribution in [0.25, 0.3) is 11.1 Å². The van der Waals surface area contributed by atoms with E-state index in [4.69, 9.17) is 9.98 Å². The fourth-order valence-electron chi connectivity index (χ4n) is 2.32. The molecule has 0 bridgehead atoms. The number of primary sulfonamides is 1. The summed E-state index contributed by atoms with van der Waals surface area (Å²) in [4.78, 5) is 5.37. The largest absolute Gasteiger partial charge is 0.387 e. The molecular weight excluding hydrogens is 288 g/mol. The van der Waals surface area contributed by atoms with Crippen molar-refractivity contribution in [2.75, 3.05) is 11.6 Å². The first kappa shape index (κ1) is 13.7. The molecule has 0 amide bonds. The lowest BCUT2D eigenvalue weighted by Crippen LogP contribution is -2.23. The van der Waals surface area contributed by atoms with Gasteiger partial charge in [-0.05, 0) is 17.7 Å². The predicted octanol–water partition coefficient (Wildman–Crippen LogP) is 2.27. The number of nitrogens with zero attached hydrogens (tertiary/aromatic N) is 1. The topological polar surface area (TPSA) is 72.6 Å². The van der Waals surface area contributed by atoms with E-state index in [1.54, 1.807) is 24.3 Å². The zero-order valence-corrected chi connectivity index (χ0v) is 12.0. The molecule has 0 aliphatic carbocycles. The number of hydroxylamine groups is 1. The first-order valence-electron chi connectivity index (χ1n) is 6.38. The third-order valence-electron chi connectivity index (χ3n) is 3.19. The van der Waals surface area contributed by atoms with Crippen LogP contribution >= 0.6 is 0 Å². The van der Waals surface area contributed by atoms with E-state index in [1.807, 2.05) is 30.3 Å². The Balaban J connectivity index is 2.23. The highest BCUT2D eigenvalue weighted by molar-refractivity contribution is 7.89. The lowest BCUT2D eigenvalue weighted by atomic mass is 10.0. The van der Waals surface area contributed by atoms with E-state index >= 15 is 0 Å². The summed E-state index contributed by atoms with van der Waals surface area (Å²) in [5.41, 5.74) is 1.78. The summed E-state index contributed by atoms with van der Waals surface area (Å²) >= 11 is 0. The van der Waals surface area contributed by atoms with Gasteiger partial charge in [-0.15, -0.1) is 0 Å². The molecule has 0 aromatic heterocycles. The molecule has 3 rings (SSSR count).